The number of hydrogen-bond acceptors (Lipinski definition) is 5. The number of benzene rings is 2. The molecule has 0 aromatic heterocycles. The van der Waals surface area contributed by atoms with Gasteiger partial charge in [-0.05, 0) is 50.1 Å². The summed E-state index contributed by atoms with van der Waals surface area (Å²) in [6.45, 7) is 2.54. The molecule has 3 rings (SSSR count). The topological polar surface area (TPSA) is 84.9 Å². The molecule has 162 valence electrons. The lowest BCUT2D eigenvalue weighted by Crippen LogP contribution is -2.43. The van der Waals surface area contributed by atoms with Gasteiger partial charge in [-0.15, -0.1) is 0 Å². The van der Waals surface area contributed by atoms with E-state index in [0.717, 1.165) is 5.56 Å². The quantitative estimate of drug-likeness (QED) is 0.727. The zero-order valence-corrected chi connectivity index (χ0v) is 18.3. The molecule has 0 saturated carbocycles. The molecule has 2 aromatic rings. The van der Waals surface area contributed by atoms with Gasteiger partial charge in [0.2, 0.25) is 15.9 Å². The van der Waals surface area contributed by atoms with Crippen molar-refractivity contribution >= 4 is 15.9 Å². The molecule has 1 amide bonds. The van der Waals surface area contributed by atoms with Gasteiger partial charge in [-0.25, -0.2) is 8.42 Å². The molecule has 30 heavy (non-hydrogen) atoms. The van der Waals surface area contributed by atoms with Crippen LogP contribution in [0.2, 0.25) is 0 Å². The van der Waals surface area contributed by atoms with Crippen LogP contribution in [0.25, 0.3) is 0 Å². The first-order valence-corrected chi connectivity index (χ1v) is 11.4. The predicted molar refractivity (Wildman–Crippen MR) is 114 cm³/mol. The van der Waals surface area contributed by atoms with Gasteiger partial charge in [-0.1, -0.05) is 18.2 Å². The summed E-state index contributed by atoms with van der Waals surface area (Å²) < 4.78 is 37.7. The third-order valence-corrected chi connectivity index (χ3v) is 7.38. The highest BCUT2D eigenvalue weighted by molar-refractivity contribution is 7.89. The zero-order valence-electron chi connectivity index (χ0n) is 17.5. The number of amides is 1. The smallest absolute Gasteiger partial charge is 0.243 e. The van der Waals surface area contributed by atoms with Crippen molar-refractivity contribution in [2.75, 3.05) is 27.3 Å². The number of sulfonamides is 1. The molecule has 1 saturated heterocycles. The lowest BCUT2D eigenvalue weighted by molar-refractivity contribution is -0.126. The van der Waals surface area contributed by atoms with Crippen molar-refractivity contribution in [3.05, 3.63) is 54.1 Å². The van der Waals surface area contributed by atoms with Crippen LogP contribution in [0.15, 0.2) is 53.4 Å². The lowest BCUT2D eigenvalue weighted by Gasteiger charge is -2.31. The maximum absolute atomic E-state index is 12.8. The van der Waals surface area contributed by atoms with E-state index in [2.05, 4.69) is 5.32 Å². The number of carbonyl (C=O) groups is 1. The van der Waals surface area contributed by atoms with E-state index in [4.69, 9.17) is 9.47 Å². The number of hydrogen-bond donors (Lipinski definition) is 1. The first kappa shape index (κ1) is 22.1. The molecule has 1 fully saturated rings. The van der Waals surface area contributed by atoms with Crippen LogP contribution in [-0.4, -0.2) is 45.9 Å². The number of carbonyl (C=O) groups excluding carboxylic acids is 1. The van der Waals surface area contributed by atoms with E-state index in [1.54, 1.807) is 50.6 Å². The molecule has 1 aliphatic rings. The fraction of sp³-hybridized carbons (Fsp3) is 0.409. The summed E-state index contributed by atoms with van der Waals surface area (Å²) in [6, 6.07) is 13.6. The number of rotatable bonds is 7. The molecule has 7 nitrogen and oxygen atoms in total. The van der Waals surface area contributed by atoms with Crippen LogP contribution in [-0.2, 0) is 14.8 Å². The van der Waals surface area contributed by atoms with Crippen molar-refractivity contribution in [2.45, 2.75) is 30.7 Å². The molecule has 0 aliphatic carbocycles. The standard InChI is InChI=1S/C22H28N2O5S/c1-16(20-15-18(28-2)9-10-21(20)29-3)23-22(25)17-11-13-24(14-12-17)30(26,27)19-7-5-4-6-8-19/h4-10,15-17H,11-14H2,1-3H3,(H,23,25)/t16-/m0/s1. The number of nitrogens with zero attached hydrogens (tertiary/aromatic N) is 1. The molecule has 0 spiro atoms. The molecule has 0 radical (unpaired) electrons. The fourth-order valence-electron chi connectivity index (χ4n) is 3.69. The Morgan fingerprint density at radius 3 is 2.33 bits per heavy atom. The van der Waals surface area contributed by atoms with Gasteiger partial charge in [0.25, 0.3) is 0 Å². The van der Waals surface area contributed by atoms with Crippen LogP contribution in [0.5, 0.6) is 11.5 Å². The van der Waals surface area contributed by atoms with Crippen LogP contribution in [0, 0.1) is 5.92 Å². The highest BCUT2D eigenvalue weighted by Crippen LogP contribution is 2.30. The summed E-state index contributed by atoms with van der Waals surface area (Å²) in [4.78, 5) is 13.1. The van der Waals surface area contributed by atoms with Gasteiger partial charge in [-0.2, -0.15) is 4.31 Å². The van der Waals surface area contributed by atoms with Crippen molar-refractivity contribution in [2.24, 2.45) is 5.92 Å². The fourth-order valence-corrected chi connectivity index (χ4v) is 5.18. The second kappa shape index (κ2) is 9.49. The van der Waals surface area contributed by atoms with Crippen molar-refractivity contribution in [1.29, 1.82) is 0 Å². The van der Waals surface area contributed by atoms with Crippen LogP contribution in [0.4, 0.5) is 0 Å². The molecule has 0 bridgehead atoms. The third kappa shape index (κ3) is 4.76. The average molecular weight is 433 g/mol. The second-order valence-corrected chi connectivity index (χ2v) is 9.27. The van der Waals surface area contributed by atoms with Gasteiger partial charge in [0.05, 0.1) is 25.2 Å². The molecule has 2 aromatic carbocycles. The predicted octanol–water partition coefficient (Wildman–Crippen LogP) is 2.98. The highest BCUT2D eigenvalue weighted by Gasteiger charge is 2.32. The Hall–Kier alpha value is -2.58. The molecular formula is C22H28N2O5S. The minimum Gasteiger partial charge on any atom is -0.497 e. The van der Waals surface area contributed by atoms with E-state index in [0.29, 0.717) is 37.4 Å². The summed E-state index contributed by atoms with van der Waals surface area (Å²) >= 11 is 0. The van der Waals surface area contributed by atoms with Gasteiger partial charge in [0.15, 0.2) is 0 Å². The van der Waals surface area contributed by atoms with Crippen LogP contribution >= 0.6 is 0 Å². The first-order chi connectivity index (χ1) is 14.4. The van der Waals surface area contributed by atoms with Crippen LogP contribution in [0.3, 0.4) is 0 Å². The minimum atomic E-state index is -3.52. The molecule has 0 unspecified atom stereocenters. The van der Waals surface area contributed by atoms with E-state index in [1.807, 2.05) is 19.1 Å². The number of methoxy groups -OCH3 is 2. The van der Waals surface area contributed by atoms with Crippen molar-refractivity contribution in [1.82, 2.24) is 9.62 Å². The van der Waals surface area contributed by atoms with E-state index >= 15 is 0 Å². The Labute approximate surface area is 178 Å². The van der Waals surface area contributed by atoms with Gasteiger partial charge >= 0.3 is 0 Å². The van der Waals surface area contributed by atoms with E-state index in [9.17, 15) is 13.2 Å². The summed E-state index contributed by atoms with van der Waals surface area (Å²) in [5, 5.41) is 3.03. The Morgan fingerprint density at radius 2 is 1.73 bits per heavy atom. The average Bonchev–Trinajstić information content (AvgIpc) is 2.79. The van der Waals surface area contributed by atoms with Crippen molar-refractivity contribution < 1.29 is 22.7 Å². The normalized spacial score (nSPS) is 16.6. The zero-order chi connectivity index (χ0) is 21.7. The maximum Gasteiger partial charge on any atom is 0.243 e. The summed E-state index contributed by atoms with van der Waals surface area (Å²) in [5.41, 5.74) is 0.828. The van der Waals surface area contributed by atoms with Gasteiger partial charge < -0.3 is 14.8 Å². The van der Waals surface area contributed by atoms with Gasteiger partial charge in [-0.3, -0.25) is 4.79 Å². The summed E-state index contributed by atoms with van der Waals surface area (Å²) in [7, 11) is -0.347. The molecule has 1 aliphatic heterocycles. The maximum atomic E-state index is 12.8. The van der Waals surface area contributed by atoms with Crippen molar-refractivity contribution in [3.63, 3.8) is 0 Å². The molecule has 1 atom stereocenters. The van der Waals surface area contributed by atoms with Gasteiger partial charge in [0, 0.05) is 24.6 Å². The van der Waals surface area contributed by atoms with Crippen LogP contribution in [0.1, 0.15) is 31.4 Å². The van der Waals surface area contributed by atoms with Crippen molar-refractivity contribution in [3.8, 4) is 11.5 Å². The largest absolute Gasteiger partial charge is 0.497 e. The molecule has 1 N–H and O–H groups in total. The first-order valence-electron chi connectivity index (χ1n) is 9.94. The molecular weight excluding hydrogens is 404 g/mol. The van der Waals surface area contributed by atoms with Crippen LogP contribution < -0.4 is 14.8 Å². The number of nitrogens with one attached hydrogen (secondary N) is 1. The summed E-state index contributed by atoms with van der Waals surface area (Å²) in [6.07, 6.45) is 0.972. The second-order valence-electron chi connectivity index (χ2n) is 7.33. The van der Waals surface area contributed by atoms with E-state index in [1.165, 1.54) is 4.31 Å². The Kier molecular flexibility index (Phi) is 6.99. The Balaban J connectivity index is 1.62. The molecule has 1 heterocycles. The minimum absolute atomic E-state index is 0.0795. The molecule has 8 heteroatoms. The lowest BCUT2D eigenvalue weighted by atomic mass is 9.96. The van der Waals surface area contributed by atoms with E-state index < -0.39 is 10.0 Å². The summed E-state index contributed by atoms with van der Waals surface area (Å²) in [5.74, 6) is 1.05. The highest BCUT2D eigenvalue weighted by atomic mass is 32.2. The Morgan fingerprint density at radius 1 is 1.07 bits per heavy atom. The number of ether oxygens (including phenoxy) is 2. The van der Waals surface area contributed by atoms with E-state index in [-0.39, 0.29) is 22.8 Å². The van der Waals surface area contributed by atoms with Gasteiger partial charge in [0.1, 0.15) is 11.5 Å². The SMILES string of the molecule is COc1ccc(OC)c([C@H](C)NC(=O)C2CCN(S(=O)(=O)c3ccccc3)CC2)c1. The third-order valence-electron chi connectivity index (χ3n) is 5.47. The monoisotopic (exact) mass is 432 g/mol. The number of piperidine rings is 1. The Bertz CT molecular complexity index is 970.